The molecule has 2 aromatic rings. The van der Waals surface area contributed by atoms with Crippen molar-refractivity contribution in [2.45, 2.75) is 62.9 Å². The van der Waals surface area contributed by atoms with E-state index in [1.165, 1.54) is 18.6 Å². The Hall–Kier alpha value is -2.45. The first kappa shape index (κ1) is 22.2. The van der Waals surface area contributed by atoms with Gasteiger partial charge in [0.1, 0.15) is 0 Å². The molecule has 1 aliphatic carbocycles. The quantitative estimate of drug-likeness (QED) is 0.617. The smallest absolute Gasteiger partial charge is 0.319 e. The van der Waals surface area contributed by atoms with Gasteiger partial charge in [-0.05, 0) is 68.5 Å². The molecule has 1 saturated carbocycles. The van der Waals surface area contributed by atoms with Crippen LogP contribution in [0.1, 0.15) is 51.5 Å². The molecule has 1 aromatic heterocycles. The Morgan fingerprint density at radius 1 is 1.10 bits per heavy atom. The second-order valence-corrected chi connectivity index (χ2v) is 10.0. The van der Waals surface area contributed by atoms with Crippen molar-refractivity contribution in [1.29, 1.82) is 0 Å². The molecule has 1 aromatic carbocycles. The van der Waals surface area contributed by atoms with Crippen LogP contribution in [0, 0.1) is 5.92 Å². The Kier molecular flexibility index (Phi) is 7.10. The van der Waals surface area contributed by atoms with Crippen LogP contribution in [0.25, 0.3) is 0 Å². The SMILES string of the molecule is CC(C)(NS(=O)(=O)c1ccc(NC(=O)NCc2cccnc2)cc1)C1CCCCC1. The minimum Gasteiger partial charge on any atom is -0.334 e. The highest BCUT2D eigenvalue weighted by molar-refractivity contribution is 7.89. The van der Waals surface area contributed by atoms with Crippen LogP contribution in [0.5, 0.6) is 0 Å². The molecule has 0 spiro atoms. The topological polar surface area (TPSA) is 100 Å². The lowest BCUT2D eigenvalue weighted by Gasteiger charge is -2.37. The Labute approximate surface area is 178 Å². The molecule has 30 heavy (non-hydrogen) atoms. The number of carbonyl (C=O) groups is 1. The number of sulfonamides is 1. The van der Waals surface area contributed by atoms with Crippen LogP contribution in [-0.4, -0.2) is 25.0 Å². The summed E-state index contributed by atoms with van der Waals surface area (Å²) in [5.41, 5.74) is 0.910. The van der Waals surface area contributed by atoms with Gasteiger partial charge < -0.3 is 10.6 Å². The number of pyridine rings is 1. The summed E-state index contributed by atoms with van der Waals surface area (Å²) < 4.78 is 28.6. The highest BCUT2D eigenvalue weighted by Crippen LogP contribution is 2.33. The molecule has 0 aliphatic heterocycles. The Bertz CT molecular complexity index is 938. The molecule has 0 saturated heterocycles. The third-order valence-electron chi connectivity index (χ3n) is 5.62. The van der Waals surface area contributed by atoms with Crippen molar-refractivity contribution in [1.82, 2.24) is 15.0 Å². The molecular weight excluding hydrogens is 400 g/mol. The molecule has 0 bridgehead atoms. The standard InChI is InChI=1S/C22H30N4O3S/c1-22(2,18-8-4-3-5-9-18)26-30(28,29)20-12-10-19(11-13-20)25-21(27)24-16-17-7-6-14-23-15-17/h6-7,10-15,18,26H,3-5,8-9,16H2,1-2H3,(H2,24,25,27). The summed E-state index contributed by atoms with van der Waals surface area (Å²) in [6.07, 6.45) is 8.98. The average molecular weight is 431 g/mol. The maximum atomic E-state index is 12.9. The van der Waals surface area contributed by atoms with Crippen molar-refractivity contribution < 1.29 is 13.2 Å². The van der Waals surface area contributed by atoms with E-state index in [9.17, 15) is 13.2 Å². The van der Waals surface area contributed by atoms with Crippen molar-refractivity contribution in [2.24, 2.45) is 5.92 Å². The van der Waals surface area contributed by atoms with Gasteiger partial charge in [-0.2, -0.15) is 0 Å². The number of rotatable bonds is 7. The van der Waals surface area contributed by atoms with Gasteiger partial charge in [-0.15, -0.1) is 0 Å². The first-order chi connectivity index (χ1) is 14.3. The van der Waals surface area contributed by atoms with E-state index in [0.717, 1.165) is 31.2 Å². The lowest BCUT2D eigenvalue weighted by Crippen LogP contribution is -2.49. The first-order valence-corrected chi connectivity index (χ1v) is 11.8. The second kappa shape index (κ2) is 9.57. The molecule has 1 fully saturated rings. The molecule has 1 aliphatic rings. The van der Waals surface area contributed by atoms with Crippen LogP contribution in [0.3, 0.4) is 0 Å². The molecule has 0 atom stereocenters. The Balaban J connectivity index is 1.57. The van der Waals surface area contributed by atoms with Gasteiger partial charge in [0, 0.05) is 30.2 Å². The van der Waals surface area contributed by atoms with Crippen LogP contribution in [0.4, 0.5) is 10.5 Å². The van der Waals surface area contributed by atoms with Crippen molar-refractivity contribution in [3.63, 3.8) is 0 Å². The first-order valence-electron chi connectivity index (χ1n) is 10.3. The minimum absolute atomic E-state index is 0.188. The van der Waals surface area contributed by atoms with Crippen LogP contribution >= 0.6 is 0 Å². The van der Waals surface area contributed by atoms with Gasteiger partial charge in [0.05, 0.1) is 4.90 Å². The Morgan fingerprint density at radius 3 is 2.43 bits per heavy atom. The van der Waals surface area contributed by atoms with Gasteiger partial charge in [0.2, 0.25) is 10.0 Å². The zero-order valence-corrected chi connectivity index (χ0v) is 18.3. The fourth-order valence-electron chi connectivity index (χ4n) is 3.89. The van der Waals surface area contributed by atoms with Crippen LogP contribution in [0.15, 0.2) is 53.7 Å². The molecule has 3 rings (SSSR count). The third kappa shape index (κ3) is 6.03. The van der Waals surface area contributed by atoms with E-state index in [2.05, 4.69) is 20.3 Å². The second-order valence-electron chi connectivity index (χ2n) is 8.36. The van der Waals surface area contributed by atoms with E-state index >= 15 is 0 Å². The number of nitrogens with one attached hydrogen (secondary N) is 3. The summed E-state index contributed by atoms with van der Waals surface area (Å²) >= 11 is 0. The predicted molar refractivity (Wildman–Crippen MR) is 118 cm³/mol. The van der Waals surface area contributed by atoms with Crippen LogP contribution in [-0.2, 0) is 16.6 Å². The molecule has 0 radical (unpaired) electrons. The summed E-state index contributed by atoms with van der Waals surface area (Å²) in [5, 5.41) is 5.44. The number of amides is 2. The van der Waals surface area contributed by atoms with Gasteiger partial charge in [-0.25, -0.2) is 17.9 Å². The van der Waals surface area contributed by atoms with Crippen molar-refractivity contribution in [3.05, 3.63) is 54.4 Å². The fourth-order valence-corrected chi connectivity index (χ4v) is 5.36. The van der Waals surface area contributed by atoms with Crippen LogP contribution < -0.4 is 15.4 Å². The van der Waals surface area contributed by atoms with Gasteiger partial charge >= 0.3 is 6.03 Å². The van der Waals surface area contributed by atoms with Crippen molar-refractivity contribution in [2.75, 3.05) is 5.32 Å². The van der Waals surface area contributed by atoms with Crippen molar-refractivity contribution in [3.8, 4) is 0 Å². The average Bonchev–Trinajstić information content (AvgIpc) is 2.73. The number of aromatic nitrogens is 1. The van der Waals surface area contributed by atoms with Gasteiger partial charge in [0.15, 0.2) is 0 Å². The molecule has 2 amide bonds. The summed E-state index contributed by atoms with van der Waals surface area (Å²) in [4.78, 5) is 16.2. The molecule has 8 heteroatoms. The van der Waals surface area contributed by atoms with E-state index in [0.29, 0.717) is 18.2 Å². The predicted octanol–water partition coefficient (Wildman–Crippen LogP) is 4.04. The number of hydrogen-bond acceptors (Lipinski definition) is 4. The molecule has 0 unspecified atom stereocenters. The number of urea groups is 1. The summed E-state index contributed by atoms with van der Waals surface area (Å²) in [7, 11) is -3.64. The van der Waals surface area contributed by atoms with Gasteiger partial charge in [-0.1, -0.05) is 25.3 Å². The van der Waals surface area contributed by atoms with E-state index in [-0.39, 0.29) is 10.9 Å². The number of hydrogen-bond donors (Lipinski definition) is 3. The van der Waals surface area contributed by atoms with E-state index in [1.54, 1.807) is 30.6 Å². The monoisotopic (exact) mass is 430 g/mol. The zero-order valence-electron chi connectivity index (χ0n) is 17.5. The molecule has 162 valence electrons. The lowest BCUT2D eigenvalue weighted by molar-refractivity contribution is 0.221. The summed E-state index contributed by atoms with van der Waals surface area (Å²) in [5.74, 6) is 0.338. The maximum Gasteiger partial charge on any atom is 0.319 e. The zero-order chi connectivity index (χ0) is 21.6. The normalized spacial score (nSPS) is 15.5. The fraction of sp³-hybridized carbons (Fsp3) is 0.455. The number of nitrogens with zero attached hydrogens (tertiary/aromatic N) is 1. The third-order valence-corrected chi connectivity index (χ3v) is 7.31. The van der Waals surface area contributed by atoms with Gasteiger partial charge in [-0.3, -0.25) is 4.98 Å². The largest absolute Gasteiger partial charge is 0.334 e. The number of carbonyl (C=O) groups excluding carboxylic acids is 1. The van der Waals surface area contributed by atoms with Crippen LogP contribution in [0.2, 0.25) is 0 Å². The lowest BCUT2D eigenvalue weighted by atomic mass is 9.77. The highest BCUT2D eigenvalue weighted by atomic mass is 32.2. The molecular formula is C22H30N4O3S. The molecule has 1 heterocycles. The number of benzene rings is 1. The highest BCUT2D eigenvalue weighted by Gasteiger charge is 2.34. The summed E-state index contributed by atoms with van der Waals surface area (Å²) in [6.45, 7) is 4.28. The number of anilines is 1. The van der Waals surface area contributed by atoms with E-state index in [1.807, 2.05) is 19.9 Å². The summed E-state index contributed by atoms with van der Waals surface area (Å²) in [6, 6.07) is 9.50. The van der Waals surface area contributed by atoms with E-state index in [4.69, 9.17) is 0 Å². The maximum absolute atomic E-state index is 12.9. The Morgan fingerprint density at radius 2 is 1.80 bits per heavy atom. The van der Waals surface area contributed by atoms with Gasteiger partial charge in [0.25, 0.3) is 0 Å². The molecule has 7 nitrogen and oxygen atoms in total. The van der Waals surface area contributed by atoms with Crippen molar-refractivity contribution >= 4 is 21.7 Å². The van der Waals surface area contributed by atoms with E-state index < -0.39 is 15.6 Å². The molecule has 3 N–H and O–H groups in total. The minimum atomic E-state index is -3.64.